The van der Waals surface area contributed by atoms with Crippen LogP contribution in [0.5, 0.6) is 0 Å². The van der Waals surface area contributed by atoms with Crippen LogP contribution >= 0.6 is 0 Å². The number of aromatic amines is 1. The van der Waals surface area contributed by atoms with Crippen molar-refractivity contribution in [3.63, 3.8) is 0 Å². The molecule has 36 heavy (non-hydrogen) atoms. The first-order valence-electron chi connectivity index (χ1n) is 12.1. The van der Waals surface area contributed by atoms with Crippen molar-refractivity contribution in [3.8, 4) is 11.5 Å². The van der Waals surface area contributed by atoms with Gasteiger partial charge >= 0.3 is 0 Å². The fraction of sp³-hybridized carbons (Fsp3) is 0.296. The third kappa shape index (κ3) is 4.62. The first-order valence-corrected chi connectivity index (χ1v) is 12.1. The molecule has 0 saturated carbocycles. The van der Waals surface area contributed by atoms with Gasteiger partial charge in [0.25, 0.3) is 5.56 Å². The Hall–Kier alpha value is -3.95. The molecule has 186 valence electrons. The van der Waals surface area contributed by atoms with Crippen LogP contribution in [-0.2, 0) is 11.2 Å². The number of nitrogens with zero attached hydrogens (tertiary/aromatic N) is 4. The lowest BCUT2D eigenvalue weighted by Gasteiger charge is -2.21. The highest BCUT2D eigenvalue weighted by atomic mass is 16.5. The zero-order valence-corrected chi connectivity index (χ0v) is 20.5. The van der Waals surface area contributed by atoms with Crippen LogP contribution in [0.25, 0.3) is 28.1 Å². The van der Waals surface area contributed by atoms with Gasteiger partial charge in [0.2, 0.25) is 0 Å². The summed E-state index contributed by atoms with van der Waals surface area (Å²) in [6, 6.07) is 15.6. The maximum absolute atomic E-state index is 11.7. The molecule has 5 aromatic rings. The number of nitrogens with two attached hydrogens (primary N) is 1. The van der Waals surface area contributed by atoms with Crippen molar-refractivity contribution < 1.29 is 9.15 Å². The highest BCUT2D eigenvalue weighted by Gasteiger charge is 2.18. The van der Waals surface area contributed by atoms with Gasteiger partial charge in [0.1, 0.15) is 17.1 Å². The number of aryl methyl sites for hydroxylation is 1. The number of pyridine rings is 1. The third-order valence-corrected chi connectivity index (χ3v) is 6.50. The summed E-state index contributed by atoms with van der Waals surface area (Å²) in [5, 5.41) is 3.66. The number of anilines is 1. The molecule has 4 heterocycles. The highest BCUT2D eigenvalue weighted by Crippen LogP contribution is 2.32. The largest absolute Gasteiger partial charge is 0.454 e. The number of nitrogens with one attached hydrogen (secondary N) is 1. The molecule has 1 aromatic carbocycles. The third-order valence-electron chi connectivity index (χ3n) is 6.50. The maximum Gasteiger partial charge on any atom is 0.263 e. The summed E-state index contributed by atoms with van der Waals surface area (Å²) in [6.07, 6.45) is 5.70. The number of hydrogen-bond donors (Lipinski definition) is 2. The molecule has 0 radical (unpaired) electrons. The summed E-state index contributed by atoms with van der Waals surface area (Å²) in [6.45, 7) is 4.24. The molecule has 0 fully saturated rings. The second-order valence-electron chi connectivity index (χ2n) is 8.72. The molecule has 9 nitrogen and oxygen atoms in total. The molecule has 6 rings (SSSR count). The molecule has 0 aliphatic heterocycles. The van der Waals surface area contributed by atoms with Crippen LogP contribution in [0.15, 0.2) is 70.1 Å². The number of fused-ring (bicyclic) bond motifs is 3. The summed E-state index contributed by atoms with van der Waals surface area (Å²) >= 11 is 0. The monoisotopic (exact) mass is 486 g/mol. The number of ether oxygens (including phenoxy) is 1. The molecule has 1 aliphatic carbocycles. The molecule has 1 unspecified atom stereocenters. The number of likely N-dealkylation sites (N-methyl/N-ethyl adjacent to an activating group) is 1. The zero-order chi connectivity index (χ0) is 25.1. The van der Waals surface area contributed by atoms with E-state index in [0.29, 0.717) is 29.8 Å². The normalized spacial score (nSPS) is 14.6. The molecular weight excluding hydrogens is 456 g/mol. The summed E-state index contributed by atoms with van der Waals surface area (Å²) in [4.78, 5) is 22.6. The van der Waals surface area contributed by atoms with E-state index in [1.165, 1.54) is 17.2 Å². The first-order chi connectivity index (χ1) is 17.6. The number of imidazole rings is 1. The van der Waals surface area contributed by atoms with Gasteiger partial charge in [0.05, 0.1) is 18.2 Å². The fourth-order valence-electron chi connectivity index (χ4n) is 4.61. The molecular formula is C27H30N6O3. The van der Waals surface area contributed by atoms with Crippen LogP contribution in [0.2, 0.25) is 0 Å². The van der Waals surface area contributed by atoms with Gasteiger partial charge < -0.3 is 19.8 Å². The lowest BCUT2D eigenvalue weighted by atomic mass is 10.1. The standard InChI is InChI=1S/C18H19N5O3.C9H11N/c1-3-22(8-9-25-2)18-12-10-15(26-14(12)6-7-19-18)13-11-20-16-4-5-17(24)21-23(13)16;10-9-6-5-7-3-1-2-4-8(7)9/h4-7,10-11H,3,8-9H2,1-2H3,(H,21,24);1-4,9H,5-6,10H2. The Balaban J connectivity index is 0.000000222. The lowest BCUT2D eigenvalue weighted by molar-refractivity contribution is 0.205. The van der Waals surface area contributed by atoms with Crippen molar-refractivity contribution in [1.29, 1.82) is 0 Å². The molecule has 1 aliphatic rings. The lowest BCUT2D eigenvalue weighted by Crippen LogP contribution is -2.27. The van der Waals surface area contributed by atoms with E-state index in [1.54, 1.807) is 30.1 Å². The van der Waals surface area contributed by atoms with Gasteiger partial charge in [-0.15, -0.1) is 0 Å². The number of aromatic nitrogens is 4. The van der Waals surface area contributed by atoms with E-state index < -0.39 is 0 Å². The fourth-order valence-corrected chi connectivity index (χ4v) is 4.61. The second-order valence-corrected chi connectivity index (χ2v) is 8.72. The molecule has 0 spiro atoms. The maximum atomic E-state index is 11.7. The molecule has 1 atom stereocenters. The van der Waals surface area contributed by atoms with Gasteiger partial charge in [-0.1, -0.05) is 24.3 Å². The Morgan fingerprint density at radius 1 is 1.22 bits per heavy atom. The molecule has 0 amide bonds. The SMILES string of the molecule is CCN(CCOC)c1nccc2oc(-c3cnc4ccc(=O)[nH]n34)cc12.NC1CCc2ccccc21. The Bertz CT molecular complexity index is 1540. The predicted octanol–water partition coefficient (Wildman–Crippen LogP) is 3.94. The summed E-state index contributed by atoms with van der Waals surface area (Å²) in [7, 11) is 1.68. The van der Waals surface area contributed by atoms with Crippen LogP contribution in [-0.4, -0.2) is 46.4 Å². The molecule has 9 heteroatoms. The van der Waals surface area contributed by atoms with Crippen LogP contribution in [0.4, 0.5) is 5.82 Å². The number of methoxy groups -OCH3 is 1. The minimum absolute atomic E-state index is 0.202. The second kappa shape index (κ2) is 10.3. The Kier molecular flexibility index (Phi) is 6.84. The van der Waals surface area contributed by atoms with E-state index in [4.69, 9.17) is 14.9 Å². The van der Waals surface area contributed by atoms with Crippen molar-refractivity contribution in [2.24, 2.45) is 5.73 Å². The van der Waals surface area contributed by atoms with E-state index in [9.17, 15) is 4.79 Å². The van der Waals surface area contributed by atoms with Crippen LogP contribution in [0.3, 0.4) is 0 Å². The van der Waals surface area contributed by atoms with E-state index in [-0.39, 0.29) is 5.56 Å². The Morgan fingerprint density at radius 3 is 2.89 bits per heavy atom. The van der Waals surface area contributed by atoms with Crippen molar-refractivity contribution >= 4 is 22.4 Å². The average Bonchev–Trinajstić information content (AvgIpc) is 3.61. The smallest absolute Gasteiger partial charge is 0.263 e. The zero-order valence-electron chi connectivity index (χ0n) is 20.5. The minimum Gasteiger partial charge on any atom is -0.454 e. The van der Waals surface area contributed by atoms with E-state index in [2.05, 4.69) is 51.2 Å². The minimum atomic E-state index is -0.202. The topological polar surface area (TPSA) is 115 Å². The highest BCUT2D eigenvalue weighted by molar-refractivity contribution is 5.91. The number of hydrogen-bond acceptors (Lipinski definition) is 7. The van der Waals surface area contributed by atoms with Crippen molar-refractivity contribution in [2.75, 3.05) is 31.7 Å². The number of H-pyrrole nitrogens is 1. The number of rotatable bonds is 6. The van der Waals surface area contributed by atoms with E-state index in [1.807, 2.05) is 12.1 Å². The van der Waals surface area contributed by atoms with Crippen molar-refractivity contribution in [2.45, 2.75) is 25.8 Å². The molecule has 3 N–H and O–H groups in total. The van der Waals surface area contributed by atoms with Crippen LogP contribution in [0.1, 0.15) is 30.5 Å². The number of benzene rings is 1. The quantitative estimate of drug-likeness (QED) is 0.374. The summed E-state index contributed by atoms with van der Waals surface area (Å²) in [5.74, 6) is 1.46. The van der Waals surface area contributed by atoms with Crippen molar-refractivity contribution in [3.05, 3.63) is 82.4 Å². The molecule has 0 bridgehead atoms. The van der Waals surface area contributed by atoms with Gasteiger partial charge in [-0.25, -0.2) is 14.5 Å². The van der Waals surface area contributed by atoms with E-state index >= 15 is 0 Å². The van der Waals surface area contributed by atoms with Gasteiger partial charge in [-0.3, -0.25) is 9.89 Å². The molecule has 4 aromatic heterocycles. The predicted molar refractivity (Wildman–Crippen MR) is 140 cm³/mol. The van der Waals surface area contributed by atoms with Gasteiger partial charge in [-0.05, 0) is 49.1 Å². The van der Waals surface area contributed by atoms with Gasteiger partial charge in [0.15, 0.2) is 11.4 Å². The Labute approximate surface area is 208 Å². The summed E-state index contributed by atoms with van der Waals surface area (Å²) < 4.78 is 12.8. The van der Waals surface area contributed by atoms with Gasteiger partial charge in [-0.2, -0.15) is 0 Å². The average molecular weight is 487 g/mol. The Morgan fingerprint density at radius 2 is 2.08 bits per heavy atom. The van der Waals surface area contributed by atoms with Crippen LogP contribution in [0, 0.1) is 0 Å². The number of furan rings is 1. The van der Waals surface area contributed by atoms with Gasteiger partial charge in [0, 0.05) is 38.5 Å². The van der Waals surface area contributed by atoms with E-state index in [0.717, 1.165) is 42.7 Å². The summed E-state index contributed by atoms with van der Waals surface area (Å²) in [5.41, 5.74) is 10.5. The first kappa shape index (κ1) is 23.8. The van der Waals surface area contributed by atoms with Crippen molar-refractivity contribution in [1.82, 2.24) is 19.6 Å². The van der Waals surface area contributed by atoms with Crippen LogP contribution < -0.4 is 16.2 Å². The molecule has 0 saturated heterocycles.